The number of thioether (sulfide) groups is 1. The monoisotopic (exact) mass is 257 g/mol. The van der Waals surface area contributed by atoms with Gasteiger partial charge in [0.2, 0.25) is 0 Å². The van der Waals surface area contributed by atoms with Gasteiger partial charge in [-0.3, -0.25) is 0 Å². The lowest BCUT2D eigenvalue weighted by atomic mass is 9.79. The van der Waals surface area contributed by atoms with Crippen molar-refractivity contribution in [3.63, 3.8) is 0 Å². The fourth-order valence-corrected chi connectivity index (χ4v) is 2.05. The van der Waals surface area contributed by atoms with Crippen molar-refractivity contribution in [1.29, 1.82) is 0 Å². The van der Waals surface area contributed by atoms with Gasteiger partial charge in [0, 0.05) is 18.8 Å². The summed E-state index contributed by atoms with van der Waals surface area (Å²) in [6.45, 7) is 1.51. The minimum Gasteiger partial charge on any atom is -0.423 e. The molecule has 1 rings (SSSR count). The molecule has 0 saturated carbocycles. The van der Waals surface area contributed by atoms with Crippen LogP contribution in [0.15, 0.2) is 18.2 Å². The Morgan fingerprint density at radius 3 is 2.65 bits per heavy atom. The van der Waals surface area contributed by atoms with E-state index < -0.39 is 12.9 Å². The van der Waals surface area contributed by atoms with Crippen molar-refractivity contribution in [2.75, 3.05) is 25.6 Å². The second-order valence-corrected chi connectivity index (χ2v) is 4.98. The minimum atomic E-state index is -1.62. The maximum absolute atomic E-state index is 13.2. The lowest BCUT2D eigenvalue weighted by Crippen LogP contribution is -2.31. The first kappa shape index (κ1) is 14.5. The summed E-state index contributed by atoms with van der Waals surface area (Å²) < 4.78 is 13.2. The predicted molar refractivity (Wildman–Crippen MR) is 70.9 cm³/mol. The molecule has 6 heteroatoms. The molecule has 0 aliphatic heterocycles. The first-order valence-electron chi connectivity index (χ1n) is 5.36. The van der Waals surface area contributed by atoms with Crippen LogP contribution in [0.1, 0.15) is 5.56 Å². The van der Waals surface area contributed by atoms with Gasteiger partial charge < -0.3 is 14.9 Å². The average molecular weight is 257 g/mol. The SMILES string of the molecule is CSCCN(C)Cc1cc(F)cc(B(O)O)c1. The van der Waals surface area contributed by atoms with Gasteiger partial charge in [0.1, 0.15) is 5.82 Å². The van der Waals surface area contributed by atoms with E-state index in [-0.39, 0.29) is 5.46 Å². The zero-order valence-corrected chi connectivity index (χ0v) is 10.9. The fourth-order valence-electron chi connectivity index (χ4n) is 1.55. The minimum absolute atomic E-state index is 0.193. The van der Waals surface area contributed by atoms with Gasteiger partial charge in [-0.1, -0.05) is 6.07 Å². The zero-order valence-electron chi connectivity index (χ0n) is 10.1. The molecular weight excluding hydrogens is 240 g/mol. The number of hydrogen-bond donors (Lipinski definition) is 2. The Morgan fingerprint density at radius 1 is 1.35 bits per heavy atom. The third kappa shape index (κ3) is 5.08. The molecule has 0 aromatic heterocycles. The Bertz CT molecular complexity index is 365. The second-order valence-electron chi connectivity index (χ2n) is 4.00. The Kier molecular flexibility index (Phi) is 5.98. The molecule has 2 N–H and O–H groups in total. The lowest BCUT2D eigenvalue weighted by molar-refractivity contribution is 0.348. The van der Waals surface area contributed by atoms with Gasteiger partial charge in [-0.15, -0.1) is 0 Å². The third-order valence-corrected chi connectivity index (χ3v) is 3.00. The summed E-state index contributed by atoms with van der Waals surface area (Å²) in [7, 11) is 0.330. The van der Waals surface area contributed by atoms with Crippen molar-refractivity contribution < 1.29 is 14.4 Å². The van der Waals surface area contributed by atoms with Crippen molar-refractivity contribution in [2.45, 2.75) is 6.54 Å². The summed E-state index contributed by atoms with van der Waals surface area (Å²) in [6.07, 6.45) is 2.04. The normalized spacial score (nSPS) is 10.9. The molecule has 0 atom stereocenters. The molecule has 0 aliphatic rings. The maximum atomic E-state index is 13.2. The molecule has 0 aliphatic carbocycles. The van der Waals surface area contributed by atoms with Crippen molar-refractivity contribution in [3.8, 4) is 0 Å². The zero-order chi connectivity index (χ0) is 12.8. The van der Waals surface area contributed by atoms with E-state index in [4.69, 9.17) is 10.0 Å². The van der Waals surface area contributed by atoms with Crippen LogP contribution >= 0.6 is 11.8 Å². The molecule has 0 heterocycles. The summed E-state index contributed by atoms with van der Waals surface area (Å²) >= 11 is 1.76. The first-order chi connectivity index (χ1) is 8.02. The van der Waals surface area contributed by atoms with Gasteiger partial charge in [0.15, 0.2) is 0 Å². The molecule has 17 heavy (non-hydrogen) atoms. The summed E-state index contributed by atoms with van der Waals surface area (Å²) in [5, 5.41) is 18.0. The van der Waals surface area contributed by atoms with Crippen molar-refractivity contribution in [3.05, 3.63) is 29.6 Å². The van der Waals surface area contributed by atoms with E-state index in [2.05, 4.69) is 4.90 Å². The molecule has 1 aromatic rings. The fraction of sp³-hybridized carbons (Fsp3) is 0.455. The molecule has 0 amide bonds. The molecule has 0 fully saturated rings. The van der Waals surface area contributed by atoms with E-state index in [1.807, 2.05) is 13.3 Å². The van der Waals surface area contributed by atoms with E-state index in [1.54, 1.807) is 17.8 Å². The van der Waals surface area contributed by atoms with Crippen molar-refractivity contribution in [1.82, 2.24) is 4.90 Å². The van der Waals surface area contributed by atoms with Crippen LogP contribution in [0, 0.1) is 5.82 Å². The van der Waals surface area contributed by atoms with Crippen LogP contribution in [-0.4, -0.2) is 47.7 Å². The highest BCUT2D eigenvalue weighted by Gasteiger charge is 2.13. The number of hydrogen-bond acceptors (Lipinski definition) is 4. The first-order valence-corrected chi connectivity index (χ1v) is 6.75. The molecule has 0 unspecified atom stereocenters. The molecule has 94 valence electrons. The second kappa shape index (κ2) is 7.01. The predicted octanol–water partition coefficient (Wildman–Crippen LogP) is 0.300. The number of benzene rings is 1. The van der Waals surface area contributed by atoms with Crippen molar-refractivity contribution in [2.24, 2.45) is 0 Å². The highest BCUT2D eigenvalue weighted by Crippen LogP contribution is 2.06. The molecule has 0 bridgehead atoms. The van der Waals surface area contributed by atoms with E-state index >= 15 is 0 Å². The number of halogens is 1. The quantitative estimate of drug-likeness (QED) is 0.719. The Hall–Kier alpha value is -0.555. The van der Waals surface area contributed by atoms with Crippen LogP contribution in [0.2, 0.25) is 0 Å². The smallest absolute Gasteiger partial charge is 0.423 e. The third-order valence-electron chi connectivity index (χ3n) is 2.41. The molecule has 3 nitrogen and oxygen atoms in total. The highest BCUT2D eigenvalue weighted by atomic mass is 32.2. The van der Waals surface area contributed by atoms with Gasteiger partial charge in [-0.25, -0.2) is 4.39 Å². The van der Waals surface area contributed by atoms with Crippen LogP contribution < -0.4 is 5.46 Å². The van der Waals surface area contributed by atoms with Gasteiger partial charge >= 0.3 is 7.12 Å². The van der Waals surface area contributed by atoms with Gasteiger partial charge in [0.25, 0.3) is 0 Å². The van der Waals surface area contributed by atoms with Gasteiger partial charge in [-0.05, 0) is 36.5 Å². The van der Waals surface area contributed by atoms with E-state index in [9.17, 15) is 4.39 Å². The van der Waals surface area contributed by atoms with E-state index in [0.717, 1.165) is 23.9 Å². The molecule has 0 spiro atoms. The summed E-state index contributed by atoms with van der Waals surface area (Å²) in [5.74, 6) is 0.574. The summed E-state index contributed by atoms with van der Waals surface area (Å²) in [5.41, 5.74) is 0.940. The number of rotatable bonds is 6. The van der Waals surface area contributed by atoms with Crippen LogP contribution in [0.5, 0.6) is 0 Å². The molecular formula is C11H17BFNO2S. The van der Waals surface area contributed by atoms with E-state index in [1.165, 1.54) is 6.07 Å². The molecule has 0 radical (unpaired) electrons. The lowest BCUT2D eigenvalue weighted by Gasteiger charge is -2.16. The van der Waals surface area contributed by atoms with Crippen LogP contribution in [0.3, 0.4) is 0 Å². The van der Waals surface area contributed by atoms with Crippen LogP contribution in [0.4, 0.5) is 4.39 Å². The maximum Gasteiger partial charge on any atom is 0.488 e. The summed E-state index contributed by atoms with van der Waals surface area (Å²) in [4.78, 5) is 2.07. The topological polar surface area (TPSA) is 43.7 Å². The van der Waals surface area contributed by atoms with Crippen molar-refractivity contribution >= 4 is 24.3 Å². The van der Waals surface area contributed by atoms with Gasteiger partial charge in [-0.2, -0.15) is 11.8 Å². The average Bonchev–Trinajstić information content (AvgIpc) is 2.25. The van der Waals surface area contributed by atoms with Gasteiger partial charge in [0.05, 0.1) is 0 Å². The Balaban J connectivity index is 2.70. The largest absolute Gasteiger partial charge is 0.488 e. The Labute approximate surface area is 106 Å². The number of nitrogens with zero attached hydrogens (tertiary/aromatic N) is 1. The standard InChI is InChI=1S/C11H17BFNO2S/c1-14(3-4-17-2)8-9-5-10(12(15)16)7-11(13)6-9/h5-7,15-16H,3-4,8H2,1-2H3. The molecule has 1 aromatic carbocycles. The Morgan fingerprint density at radius 2 is 2.06 bits per heavy atom. The van der Waals surface area contributed by atoms with Crippen LogP contribution in [-0.2, 0) is 6.54 Å². The summed E-state index contributed by atoms with van der Waals surface area (Å²) in [6, 6.07) is 4.17. The molecule has 0 saturated heterocycles. The van der Waals surface area contributed by atoms with Crippen LogP contribution in [0.25, 0.3) is 0 Å². The highest BCUT2D eigenvalue weighted by molar-refractivity contribution is 7.98. The van der Waals surface area contributed by atoms with E-state index in [0.29, 0.717) is 6.54 Å².